The molecule has 1 aromatic heterocycles. The third-order valence-corrected chi connectivity index (χ3v) is 4.96. The highest BCUT2D eigenvalue weighted by atomic mass is 32.1. The zero-order valence-corrected chi connectivity index (χ0v) is 17.1. The van der Waals surface area contributed by atoms with E-state index in [1.165, 1.54) is 0 Å². The van der Waals surface area contributed by atoms with Crippen molar-refractivity contribution >= 4 is 29.1 Å². The van der Waals surface area contributed by atoms with Crippen LogP contribution in [0.1, 0.15) is 31.5 Å². The number of aromatic nitrogens is 2. The van der Waals surface area contributed by atoms with Crippen molar-refractivity contribution in [3.63, 3.8) is 0 Å². The Hall–Kier alpha value is -2.42. The zero-order chi connectivity index (χ0) is 21.0. The van der Waals surface area contributed by atoms with E-state index < -0.39 is 11.9 Å². The van der Waals surface area contributed by atoms with Crippen LogP contribution in [0.5, 0.6) is 0 Å². The van der Waals surface area contributed by atoms with Crippen LogP contribution in [0.2, 0.25) is 0 Å². The summed E-state index contributed by atoms with van der Waals surface area (Å²) in [6.07, 6.45) is -3.52. The molecule has 0 aliphatic carbocycles. The molecule has 0 amide bonds. The third kappa shape index (κ3) is 6.03. The van der Waals surface area contributed by atoms with E-state index in [4.69, 9.17) is 12.2 Å². The lowest BCUT2D eigenvalue weighted by atomic mass is 9.92. The molecule has 1 aliphatic heterocycles. The molecule has 2 unspecified atom stereocenters. The smallest absolute Gasteiger partial charge is 0.358 e. The minimum absolute atomic E-state index is 0.161. The second kappa shape index (κ2) is 8.94. The fraction of sp³-hybridized carbons (Fsp3) is 0.450. The van der Waals surface area contributed by atoms with Crippen molar-refractivity contribution in [2.24, 2.45) is 11.8 Å². The van der Waals surface area contributed by atoms with Crippen molar-refractivity contribution in [2.45, 2.75) is 33.0 Å². The molecule has 0 spiro atoms. The number of rotatable bonds is 4. The van der Waals surface area contributed by atoms with Gasteiger partial charge in [-0.05, 0) is 36.0 Å². The maximum atomic E-state index is 13.4. The average Bonchev–Trinajstić information content (AvgIpc) is 2.65. The number of hydrogen-bond donors (Lipinski definition) is 2. The second-order valence-electron chi connectivity index (χ2n) is 7.58. The highest BCUT2D eigenvalue weighted by Gasteiger charge is 2.35. The Balaban J connectivity index is 1.77. The molecule has 1 aliphatic rings. The first-order valence-corrected chi connectivity index (χ1v) is 9.91. The van der Waals surface area contributed by atoms with Gasteiger partial charge in [0.1, 0.15) is 5.82 Å². The first kappa shape index (κ1) is 21.3. The van der Waals surface area contributed by atoms with Crippen LogP contribution in [0.3, 0.4) is 0 Å². The van der Waals surface area contributed by atoms with Gasteiger partial charge in [0.05, 0.1) is 0 Å². The number of nitrogens with one attached hydrogen (secondary N) is 2. The molecule has 0 bridgehead atoms. The number of thiocarbonyl (C=S) groups is 1. The predicted octanol–water partition coefficient (Wildman–Crippen LogP) is 4.46. The Labute approximate surface area is 173 Å². The van der Waals surface area contributed by atoms with Crippen LogP contribution in [0.25, 0.3) is 0 Å². The van der Waals surface area contributed by atoms with Gasteiger partial charge in [0.25, 0.3) is 0 Å². The summed E-state index contributed by atoms with van der Waals surface area (Å²) in [7, 11) is 0. The van der Waals surface area contributed by atoms with Gasteiger partial charge < -0.3 is 15.5 Å². The molecule has 1 aromatic carbocycles. The largest absolute Gasteiger partial charge is 0.433 e. The zero-order valence-electron chi connectivity index (χ0n) is 16.3. The van der Waals surface area contributed by atoms with Gasteiger partial charge in [-0.2, -0.15) is 18.2 Å². The molecule has 3 rings (SSSR count). The Kier molecular flexibility index (Phi) is 6.56. The molecule has 2 heterocycles. The van der Waals surface area contributed by atoms with E-state index in [0.29, 0.717) is 31.5 Å². The number of hydrogen-bond acceptors (Lipinski definition) is 4. The van der Waals surface area contributed by atoms with Crippen LogP contribution in [0, 0.1) is 11.8 Å². The van der Waals surface area contributed by atoms with Gasteiger partial charge in [-0.3, -0.25) is 0 Å². The Morgan fingerprint density at radius 1 is 1.14 bits per heavy atom. The van der Waals surface area contributed by atoms with E-state index in [1.807, 2.05) is 35.2 Å². The van der Waals surface area contributed by atoms with E-state index in [-0.39, 0.29) is 16.9 Å². The fourth-order valence-corrected chi connectivity index (χ4v) is 3.73. The summed E-state index contributed by atoms with van der Waals surface area (Å²) in [4.78, 5) is 9.83. The van der Waals surface area contributed by atoms with Crippen molar-refractivity contribution in [2.75, 3.05) is 23.3 Å². The van der Waals surface area contributed by atoms with Crippen LogP contribution >= 0.6 is 12.2 Å². The van der Waals surface area contributed by atoms with Crippen molar-refractivity contribution in [3.8, 4) is 0 Å². The molecule has 9 heteroatoms. The SMILES string of the molecule is CC1CC(C)CN(c2cc(C(F)(F)F)nc(NC(=S)NCc3ccccc3)n2)C1. The molecule has 2 atom stereocenters. The Morgan fingerprint density at radius 3 is 2.41 bits per heavy atom. The van der Waals surface area contributed by atoms with Gasteiger partial charge in [0, 0.05) is 25.7 Å². The summed E-state index contributed by atoms with van der Waals surface area (Å²) in [6, 6.07) is 10.6. The summed E-state index contributed by atoms with van der Waals surface area (Å²) in [5, 5.41) is 5.83. The Morgan fingerprint density at radius 2 is 1.79 bits per heavy atom. The quantitative estimate of drug-likeness (QED) is 0.708. The highest BCUT2D eigenvalue weighted by Crippen LogP contribution is 2.32. The average molecular weight is 424 g/mol. The lowest BCUT2D eigenvalue weighted by molar-refractivity contribution is -0.141. The second-order valence-corrected chi connectivity index (χ2v) is 7.99. The Bertz CT molecular complexity index is 834. The summed E-state index contributed by atoms with van der Waals surface area (Å²) >= 11 is 5.21. The molecular formula is C20H24F3N5S. The van der Waals surface area contributed by atoms with Gasteiger partial charge in [0.15, 0.2) is 10.8 Å². The number of benzene rings is 1. The van der Waals surface area contributed by atoms with Crippen LogP contribution in [-0.4, -0.2) is 28.2 Å². The van der Waals surface area contributed by atoms with Gasteiger partial charge >= 0.3 is 6.18 Å². The van der Waals surface area contributed by atoms with Crippen molar-refractivity contribution in [1.82, 2.24) is 15.3 Å². The number of halogens is 3. The number of alkyl halides is 3. The lowest BCUT2D eigenvalue weighted by Crippen LogP contribution is -2.39. The molecule has 5 nitrogen and oxygen atoms in total. The lowest BCUT2D eigenvalue weighted by Gasteiger charge is -2.36. The van der Waals surface area contributed by atoms with Crippen molar-refractivity contribution < 1.29 is 13.2 Å². The van der Waals surface area contributed by atoms with E-state index in [0.717, 1.165) is 18.1 Å². The van der Waals surface area contributed by atoms with Gasteiger partial charge in [-0.1, -0.05) is 44.2 Å². The molecule has 1 saturated heterocycles. The minimum Gasteiger partial charge on any atom is -0.358 e. The summed E-state index contributed by atoms with van der Waals surface area (Å²) in [5.41, 5.74) is 0.0142. The summed E-state index contributed by atoms with van der Waals surface area (Å²) in [6.45, 7) is 5.95. The van der Waals surface area contributed by atoms with Crippen LogP contribution in [0.4, 0.5) is 24.9 Å². The topological polar surface area (TPSA) is 53.1 Å². The molecule has 2 N–H and O–H groups in total. The van der Waals surface area contributed by atoms with Crippen LogP contribution < -0.4 is 15.5 Å². The first-order valence-electron chi connectivity index (χ1n) is 9.50. The molecule has 0 radical (unpaired) electrons. The third-order valence-electron chi connectivity index (χ3n) is 4.72. The van der Waals surface area contributed by atoms with Gasteiger partial charge in [0.2, 0.25) is 5.95 Å². The van der Waals surface area contributed by atoms with E-state index in [9.17, 15) is 13.2 Å². The number of piperidine rings is 1. The normalized spacial score (nSPS) is 19.7. The maximum Gasteiger partial charge on any atom is 0.433 e. The molecule has 156 valence electrons. The fourth-order valence-electron chi connectivity index (χ4n) is 3.57. The first-order chi connectivity index (χ1) is 13.7. The summed E-state index contributed by atoms with van der Waals surface area (Å²) < 4.78 is 40.2. The standard InChI is InChI=1S/C20H24F3N5S/c1-13-8-14(2)12-28(11-13)17-9-16(20(21,22)23)25-18(26-17)27-19(29)24-10-15-6-4-3-5-7-15/h3-7,9,13-14H,8,10-12H2,1-2H3,(H2,24,25,26,27,29). The molecule has 1 fully saturated rings. The van der Waals surface area contributed by atoms with Crippen molar-refractivity contribution in [3.05, 3.63) is 47.7 Å². The molecular weight excluding hydrogens is 399 g/mol. The van der Waals surface area contributed by atoms with E-state index >= 15 is 0 Å². The van der Waals surface area contributed by atoms with Crippen molar-refractivity contribution in [1.29, 1.82) is 0 Å². The minimum atomic E-state index is -4.57. The van der Waals surface area contributed by atoms with Crippen LogP contribution in [0.15, 0.2) is 36.4 Å². The van der Waals surface area contributed by atoms with E-state index in [1.54, 1.807) is 0 Å². The molecule has 2 aromatic rings. The summed E-state index contributed by atoms with van der Waals surface area (Å²) in [5.74, 6) is 0.867. The molecule has 0 saturated carbocycles. The van der Waals surface area contributed by atoms with Gasteiger partial charge in [-0.15, -0.1) is 0 Å². The van der Waals surface area contributed by atoms with E-state index in [2.05, 4.69) is 34.4 Å². The molecule has 29 heavy (non-hydrogen) atoms. The van der Waals surface area contributed by atoms with Crippen LogP contribution in [-0.2, 0) is 12.7 Å². The maximum absolute atomic E-state index is 13.4. The van der Waals surface area contributed by atoms with Gasteiger partial charge in [-0.25, -0.2) is 4.98 Å². The monoisotopic (exact) mass is 423 g/mol. The number of anilines is 2. The highest BCUT2D eigenvalue weighted by molar-refractivity contribution is 7.80. The number of nitrogens with zero attached hydrogens (tertiary/aromatic N) is 3. The predicted molar refractivity (Wildman–Crippen MR) is 112 cm³/mol.